The van der Waals surface area contributed by atoms with E-state index in [0.717, 1.165) is 29.3 Å². The van der Waals surface area contributed by atoms with Crippen molar-refractivity contribution in [1.82, 2.24) is 26.5 Å². The van der Waals surface area contributed by atoms with Crippen LogP contribution in [-0.4, -0.2) is 55.1 Å². The van der Waals surface area contributed by atoms with E-state index in [2.05, 4.69) is 31.8 Å². The SMILES string of the molecule is Cc1c[nH]c2c(NC3NC(N[C@@H]4CCOC[C@@H]4N)CC4CNNC(=O)C43)cc(F)cc12. The number of carbonyl (C=O) groups is 1. The summed E-state index contributed by atoms with van der Waals surface area (Å²) < 4.78 is 19.8. The van der Waals surface area contributed by atoms with E-state index >= 15 is 0 Å². The van der Waals surface area contributed by atoms with Crippen molar-refractivity contribution in [2.75, 3.05) is 25.1 Å². The third-order valence-corrected chi connectivity index (χ3v) is 6.75. The Morgan fingerprint density at radius 3 is 3.03 bits per heavy atom. The standard InChI is InChI=1S/C21H30FN7O2/c1-10-7-24-19-13(10)5-12(22)6-16(19)27-20-18-11(8-25-29-21(18)30)4-17(28-20)26-15-2-3-31-9-14(15)23/h5-7,11,14-15,17-18,20,24-28H,2-4,8-9,23H2,1H3,(H,29,30)/t11?,14-,15+,17?,18?,20?/m0/s1. The molecule has 6 atom stereocenters. The van der Waals surface area contributed by atoms with Gasteiger partial charge in [0.05, 0.1) is 36.1 Å². The van der Waals surface area contributed by atoms with Gasteiger partial charge in [0, 0.05) is 36.8 Å². The number of anilines is 1. The first kappa shape index (κ1) is 20.7. The van der Waals surface area contributed by atoms with E-state index in [9.17, 15) is 9.18 Å². The van der Waals surface area contributed by atoms with Crippen LogP contribution in [0.2, 0.25) is 0 Å². The van der Waals surface area contributed by atoms with Gasteiger partial charge in [-0.25, -0.2) is 9.82 Å². The van der Waals surface area contributed by atoms with Crippen molar-refractivity contribution in [2.45, 2.75) is 44.2 Å². The number of aromatic nitrogens is 1. The van der Waals surface area contributed by atoms with Crippen LogP contribution in [0.25, 0.3) is 10.9 Å². The average Bonchev–Trinajstić information content (AvgIpc) is 3.10. The molecule has 1 amide bonds. The van der Waals surface area contributed by atoms with Gasteiger partial charge in [0.15, 0.2) is 0 Å². The number of amides is 1. The topological polar surface area (TPSA) is 128 Å². The Morgan fingerprint density at radius 2 is 2.19 bits per heavy atom. The van der Waals surface area contributed by atoms with Gasteiger partial charge in [0.1, 0.15) is 5.82 Å². The van der Waals surface area contributed by atoms with Crippen LogP contribution in [0, 0.1) is 24.6 Å². The molecule has 1 aromatic heterocycles. The van der Waals surface area contributed by atoms with E-state index in [-0.39, 0.29) is 48.0 Å². The van der Waals surface area contributed by atoms with Gasteiger partial charge in [-0.15, -0.1) is 0 Å². The molecule has 3 fully saturated rings. The van der Waals surface area contributed by atoms with Crippen LogP contribution in [0.15, 0.2) is 18.3 Å². The normalized spacial score (nSPS) is 33.7. The van der Waals surface area contributed by atoms with Crippen LogP contribution in [-0.2, 0) is 9.53 Å². The van der Waals surface area contributed by atoms with Gasteiger partial charge in [-0.05, 0) is 43.4 Å². The smallest absolute Gasteiger partial charge is 0.240 e. The molecule has 4 unspecified atom stereocenters. The second-order valence-corrected chi connectivity index (χ2v) is 8.88. The van der Waals surface area contributed by atoms with Crippen LogP contribution in [0.4, 0.5) is 10.1 Å². The Morgan fingerprint density at radius 1 is 1.32 bits per heavy atom. The van der Waals surface area contributed by atoms with E-state index in [1.807, 2.05) is 13.1 Å². The largest absolute Gasteiger partial charge is 0.380 e. The molecule has 168 valence electrons. The summed E-state index contributed by atoms with van der Waals surface area (Å²) in [6.07, 6.45) is 3.09. The van der Waals surface area contributed by atoms with Gasteiger partial charge in [0.25, 0.3) is 0 Å². The van der Waals surface area contributed by atoms with Gasteiger partial charge in [-0.1, -0.05) is 0 Å². The predicted molar refractivity (Wildman–Crippen MR) is 115 cm³/mol. The van der Waals surface area contributed by atoms with E-state index in [4.69, 9.17) is 10.5 Å². The summed E-state index contributed by atoms with van der Waals surface area (Å²) in [7, 11) is 0. The predicted octanol–water partition coefficient (Wildman–Crippen LogP) is 0.245. The minimum Gasteiger partial charge on any atom is -0.380 e. The molecule has 9 nitrogen and oxygen atoms in total. The maximum atomic E-state index is 14.3. The van der Waals surface area contributed by atoms with Crippen molar-refractivity contribution in [3.05, 3.63) is 29.7 Å². The zero-order valence-corrected chi connectivity index (χ0v) is 17.5. The maximum Gasteiger partial charge on any atom is 0.240 e. The zero-order valence-electron chi connectivity index (χ0n) is 17.5. The highest BCUT2D eigenvalue weighted by Crippen LogP contribution is 2.32. The lowest BCUT2D eigenvalue weighted by molar-refractivity contribution is -0.133. The number of fused-ring (bicyclic) bond motifs is 2. The number of carbonyl (C=O) groups excluding carboxylic acids is 1. The summed E-state index contributed by atoms with van der Waals surface area (Å²) >= 11 is 0. The molecule has 2 aromatic rings. The Labute approximate surface area is 180 Å². The number of rotatable bonds is 4. The number of nitrogens with two attached hydrogens (primary N) is 1. The van der Waals surface area contributed by atoms with E-state index in [1.54, 1.807) is 0 Å². The van der Waals surface area contributed by atoms with Crippen molar-refractivity contribution >= 4 is 22.5 Å². The minimum absolute atomic E-state index is 0.0324. The number of halogens is 1. The van der Waals surface area contributed by atoms with Gasteiger partial charge in [0.2, 0.25) is 5.91 Å². The molecule has 3 aliphatic heterocycles. The van der Waals surface area contributed by atoms with Gasteiger partial charge < -0.3 is 20.8 Å². The highest BCUT2D eigenvalue weighted by atomic mass is 19.1. The highest BCUT2D eigenvalue weighted by Gasteiger charge is 2.44. The third-order valence-electron chi connectivity index (χ3n) is 6.75. The third kappa shape index (κ3) is 4.01. The fourth-order valence-corrected chi connectivity index (χ4v) is 5.12. The number of H-pyrrole nitrogens is 1. The molecule has 8 N–H and O–H groups in total. The summed E-state index contributed by atoms with van der Waals surface area (Å²) in [5.41, 5.74) is 14.4. The van der Waals surface area contributed by atoms with E-state index < -0.39 is 0 Å². The Kier molecular flexibility index (Phi) is 5.57. The molecule has 0 bridgehead atoms. The number of hydrazine groups is 1. The summed E-state index contributed by atoms with van der Waals surface area (Å²) in [4.78, 5) is 15.9. The molecule has 3 saturated heterocycles. The molecule has 0 spiro atoms. The molecule has 0 radical (unpaired) electrons. The van der Waals surface area contributed by atoms with E-state index in [0.29, 0.717) is 25.4 Å². The van der Waals surface area contributed by atoms with Crippen molar-refractivity contribution in [3.63, 3.8) is 0 Å². The fraction of sp³-hybridized carbons (Fsp3) is 0.571. The monoisotopic (exact) mass is 431 g/mol. The zero-order chi connectivity index (χ0) is 21.5. The van der Waals surface area contributed by atoms with Crippen molar-refractivity contribution in [2.24, 2.45) is 17.6 Å². The first-order chi connectivity index (χ1) is 15.0. The number of hydrogen-bond acceptors (Lipinski definition) is 7. The summed E-state index contributed by atoms with van der Waals surface area (Å²) in [5, 5.41) is 11.4. The molecular weight excluding hydrogens is 401 g/mol. The molecular formula is C21H30FN7O2. The first-order valence-corrected chi connectivity index (χ1v) is 10.9. The second kappa shape index (κ2) is 8.36. The minimum atomic E-state index is -0.372. The second-order valence-electron chi connectivity index (χ2n) is 8.88. The number of piperidine rings is 1. The maximum absolute atomic E-state index is 14.3. The Balaban J connectivity index is 1.41. The quantitative estimate of drug-likeness (QED) is 0.370. The van der Waals surface area contributed by atoms with Crippen molar-refractivity contribution in [1.29, 1.82) is 0 Å². The average molecular weight is 432 g/mol. The lowest BCUT2D eigenvalue weighted by atomic mass is 9.80. The lowest BCUT2D eigenvalue weighted by Crippen LogP contribution is -2.69. The Bertz CT molecular complexity index is 967. The van der Waals surface area contributed by atoms with Gasteiger partial charge >= 0.3 is 0 Å². The molecule has 1 aromatic carbocycles. The summed E-state index contributed by atoms with van der Waals surface area (Å²) in [6.45, 7) is 3.83. The highest BCUT2D eigenvalue weighted by molar-refractivity contribution is 5.93. The fourth-order valence-electron chi connectivity index (χ4n) is 5.12. The molecule has 4 heterocycles. The van der Waals surface area contributed by atoms with Crippen LogP contribution < -0.4 is 32.5 Å². The van der Waals surface area contributed by atoms with E-state index in [1.165, 1.54) is 12.1 Å². The molecule has 5 rings (SSSR count). The van der Waals surface area contributed by atoms with Crippen molar-refractivity contribution in [3.8, 4) is 0 Å². The molecule has 10 heteroatoms. The van der Waals surface area contributed by atoms with Crippen LogP contribution in [0.3, 0.4) is 0 Å². The number of nitrogens with one attached hydrogen (secondary N) is 6. The Hall–Kier alpha value is -2.24. The number of aromatic amines is 1. The summed E-state index contributed by atoms with van der Waals surface area (Å²) in [6, 6.07) is 3.06. The molecule has 0 aliphatic carbocycles. The number of aryl methyl sites for hydroxylation is 1. The number of benzene rings is 1. The van der Waals surface area contributed by atoms with Crippen LogP contribution >= 0.6 is 0 Å². The van der Waals surface area contributed by atoms with Crippen molar-refractivity contribution < 1.29 is 13.9 Å². The van der Waals surface area contributed by atoms with Crippen LogP contribution in [0.1, 0.15) is 18.4 Å². The van der Waals surface area contributed by atoms with Crippen LogP contribution in [0.5, 0.6) is 0 Å². The first-order valence-electron chi connectivity index (χ1n) is 10.9. The number of ether oxygens (including phenoxy) is 1. The van der Waals surface area contributed by atoms with Gasteiger partial charge in [-0.3, -0.25) is 20.9 Å². The molecule has 0 saturated carbocycles. The molecule has 31 heavy (non-hydrogen) atoms. The number of hydrogen-bond donors (Lipinski definition) is 7. The lowest BCUT2D eigenvalue weighted by Gasteiger charge is -2.46. The molecule has 3 aliphatic rings. The van der Waals surface area contributed by atoms with Gasteiger partial charge in [-0.2, -0.15) is 0 Å². The summed E-state index contributed by atoms with van der Waals surface area (Å²) in [5.74, 6) is -0.562.